The molecule has 1 aromatic carbocycles. The quantitative estimate of drug-likeness (QED) is 0.489. The van der Waals surface area contributed by atoms with Gasteiger partial charge >= 0.3 is 0 Å². The predicted molar refractivity (Wildman–Crippen MR) is 37.7 cm³/mol. The standard InChI is InChI=1S/C7H7BF/c1-8-6-4-2-3-5-7(6)9/h2-5H,1H3/q-1. The molecule has 0 bridgehead atoms. The first kappa shape index (κ1) is 6.34. The van der Waals surface area contributed by atoms with E-state index in [1.807, 2.05) is 12.9 Å². The second-order valence-corrected chi connectivity index (χ2v) is 1.81. The van der Waals surface area contributed by atoms with E-state index < -0.39 is 0 Å². The Labute approximate surface area is 54.9 Å². The van der Waals surface area contributed by atoms with E-state index in [2.05, 4.69) is 0 Å². The Kier molecular flexibility index (Phi) is 1.88. The van der Waals surface area contributed by atoms with Gasteiger partial charge in [-0.15, -0.1) is 6.07 Å². The van der Waals surface area contributed by atoms with E-state index in [1.165, 1.54) is 6.07 Å². The summed E-state index contributed by atoms with van der Waals surface area (Å²) in [5.74, 6) is -0.153. The fraction of sp³-hybridized carbons (Fsp3) is 0.143. The van der Waals surface area contributed by atoms with Gasteiger partial charge in [-0.05, 0) is 6.07 Å². The van der Waals surface area contributed by atoms with Crippen LogP contribution in [0.15, 0.2) is 24.3 Å². The molecule has 0 aliphatic heterocycles. The molecule has 0 saturated carbocycles. The van der Waals surface area contributed by atoms with Crippen molar-refractivity contribution in [1.82, 2.24) is 0 Å². The van der Waals surface area contributed by atoms with Crippen molar-refractivity contribution >= 4 is 12.7 Å². The van der Waals surface area contributed by atoms with E-state index in [4.69, 9.17) is 0 Å². The average Bonchev–Trinajstić information content (AvgIpc) is 1.89. The number of hydrogen-bond donors (Lipinski definition) is 0. The zero-order chi connectivity index (χ0) is 6.69. The molecule has 0 spiro atoms. The summed E-state index contributed by atoms with van der Waals surface area (Å²) in [7, 11) is 1.75. The van der Waals surface area contributed by atoms with Gasteiger partial charge in [0.2, 0.25) is 0 Å². The Morgan fingerprint density at radius 3 is 2.44 bits per heavy atom. The van der Waals surface area contributed by atoms with Gasteiger partial charge in [0.15, 0.2) is 0 Å². The van der Waals surface area contributed by atoms with Gasteiger partial charge in [-0.2, -0.15) is 0 Å². The van der Waals surface area contributed by atoms with Gasteiger partial charge in [0.25, 0.3) is 0 Å². The highest BCUT2D eigenvalue weighted by molar-refractivity contribution is 6.51. The van der Waals surface area contributed by atoms with E-state index in [-0.39, 0.29) is 5.82 Å². The number of halogens is 1. The lowest BCUT2D eigenvalue weighted by Gasteiger charge is -2.08. The average molecular weight is 121 g/mol. The van der Waals surface area contributed by atoms with Crippen LogP contribution >= 0.6 is 0 Å². The Balaban J connectivity index is 3.01. The zero-order valence-electron chi connectivity index (χ0n) is 5.26. The fourth-order valence-corrected chi connectivity index (χ4v) is 0.709. The summed E-state index contributed by atoms with van der Waals surface area (Å²) in [6.07, 6.45) is 0. The smallest absolute Gasteiger partial charge is 0.0819 e. The summed E-state index contributed by atoms with van der Waals surface area (Å²) >= 11 is 0. The summed E-state index contributed by atoms with van der Waals surface area (Å²) in [5, 5.41) is 0. The van der Waals surface area contributed by atoms with Crippen LogP contribution in [-0.2, 0) is 0 Å². The molecule has 1 aromatic rings. The molecule has 0 fully saturated rings. The molecule has 2 radical (unpaired) electrons. The highest BCUT2D eigenvalue weighted by atomic mass is 19.1. The van der Waals surface area contributed by atoms with Gasteiger partial charge < -0.3 is 0 Å². The molecule has 0 unspecified atom stereocenters. The highest BCUT2D eigenvalue weighted by Gasteiger charge is 1.83. The molecule has 9 heavy (non-hydrogen) atoms. The van der Waals surface area contributed by atoms with Crippen LogP contribution in [0.2, 0.25) is 6.82 Å². The topological polar surface area (TPSA) is 0 Å². The van der Waals surface area contributed by atoms with Crippen molar-refractivity contribution in [2.24, 2.45) is 0 Å². The molecule has 0 aromatic heterocycles. The summed E-state index contributed by atoms with van der Waals surface area (Å²) in [4.78, 5) is 0. The minimum Gasteiger partial charge on any atom is -0.297 e. The summed E-state index contributed by atoms with van der Waals surface area (Å²) in [5.41, 5.74) is 0.664. The van der Waals surface area contributed by atoms with Crippen molar-refractivity contribution in [3.05, 3.63) is 30.1 Å². The van der Waals surface area contributed by atoms with Crippen LogP contribution in [-0.4, -0.2) is 7.28 Å². The van der Waals surface area contributed by atoms with Gasteiger partial charge in [-0.25, -0.2) is 16.7 Å². The normalized spacial score (nSPS) is 9.56. The molecule has 0 aliphatic rings. The Morgan fingerprint density at radius 2 is 2.00 bits per heavy atom. The molecule has 0 heterocycles. The van der Waals surface area contributed by atoms with Crippen LogP contribution in [0.5, 0.6) is 0 Å². The SMILES string of the molecule is C[B-]c1ccccc1F. The largest absolute Gasteiger partial charge is 0.297 e. The lowest BCUT2D eigenvalue weighted by Crippen LogP contribution is -2.14. The molecule has 1 rings (SSSR count). The summed E-state index contributed by atoms with van der Waals surface area (Å²) in [6.45, 7) is 1.82. The maximum Gasteiger partial charge on any atom is 0.0819 e. The number of benzene rings is 1. The van der Waals surface area contributed by atoms with Crippen molar-refractivity contribution in [1.29, 1.82) is 0 Å². The number of hydrogen-bond acceptors (Lipinski definition) is 0. The first-order valence-corrected chi connectivity index (χ1v) is 2.88. The Bertz CT molecular complexity index is 198. The lowest BCUT2D eigenvalue weighted by molar-refractivity contribution is 0.636. The minimum absolute atomic E-state index is 0.153. The third-order valence-corrected chi connectivity index (χ3v) is 1.22. The van der Waals surface area contributed by atoms with Gasteiger partial charge in [-0.3, -0.25) is 7.28 Å². The molecule has 0 aliphatic carbocycles. The fourth-order valence-electron chi connectivity index (χ4n) is 0.709. The van der Waals surface area contributed by atoms with Crippen molar-refractivity contribution in [3.8, 4) is 0 Å². The lowest BCUT2D eigenvalue weighted by atomic mass is 9.73. The predicted octanol–water partition coefficient (Wildman–Crippen LogP) is 1.20. The van der Waals surface area contributed by atoms with Crippen LogP contribution < -0.4 is 5.46 Å². The maximum absolute atomic E-state index is 12.6. The molecule has 0 amide bonds. The molecule has 0 N–H and O–H groups in total. The highest BCUT2D eigenvalue weighted by Crippen LogP contribution is 1.90. The van der Waals surface area contributed by atoms with Crippen LogP contribution in [0.3, 0.4) is 0 Å². The van der Waals surface area contributed by atoms with Crippen LogP contribution in [0, 0.1) is 5.82 Å². The first-order valence-electron chi connectivity index (χ1n) is 2.88. The van der Waals surface area contributed by atoms with E-state index in [0.717, 1.165) is 0 Å². The molecule has 0 atom stereocenters. The van der Waals surface area contributed by atoms with Gasteiger partial charge in [0.1, 0.15) is 0 Å². The maximum atomic E-state index is 12.6. The van der Waals surface area contributed by atoms with Gasteiger partial charge in [-0.1, -0.05) is 12.1 Å². The molecule has 0 saturated heterocycles. The first-order chi connectivity index (χ1) is 4.34. The van der Waals surface area contributed by atoms with E-state index in [9.17, 15) is 4.39 Å². The van der Waals surface area contributed by atoms with Crippen LogP contribution in [0.25, 0.3) is 0 Å². The second-order valence-electron chi connectivity index (χ2n) is 1.81. The zero-order valence-corrected chi connectivity index (χ0v) is 5.26. The Hall–Kier alpha value is -0.785. The molecular formula is C7H7BF-. The molecule has 0 nitrogen and oxygen atoms in total. The van der Waals surface area contributed by atoms with Crippen molar-refractivity contribution in [2.75, 3.05) is 0 Å². The summed E-state index contributed by atoms with van der Waals surface area (Å²) in [6, 6.07) is 6.70. The van der Waals surface area contributed by atoms with Crippen molar-refractivity contribution in [3.63, 3.8) is 0 Å². The van der Waals surface area contributed by atoms with Crippen molar-refractivity contribution in [2.45, 2.75) is 6.82 Å². The number of rotatable bonds is 1. The summed E-state index contributed by atoms with van der Waals surface area (Å²) < 4.78 is 12.6. The molecule has 46 valence electrons. The monoisotopic (exact) mass is 121 g/mol. The molecule has 2 heteroatoms. The van der Waals surface area contributed by atoms with Gasteiger partial charge in [0.05, 0.1) is 5.82 Å². The van der Waals surface area contributed by atoms with Crippen molar-refractivity contribution < 1.29 is 4.39 Å². The van der Waals surface area contributed by atoms with E-state index in [0.29, 0.717) is 5.46 Å². The van der Waals surface area contributed by atoms with Crippen LogP contribution in [0.4, 0.5) is 4.39 Å². The third-order valence-electron chi connectivity index (χ3n) is 1.22. The minimum atomic E-state index is -0.153. The van der Waals surface area contributed by atoms with Crippen LogP contribution in [0.1, 0.15) is 0 Å². The third kappa shape index (κ3) is 1.32. The second kappa shape index (κ2) is 2.67. The Morgan fingerprint density at radius 1 is 1.33 bits per heavy atom. The molecular weight excluding hydrogens is 114 g/mol. The van der Waals surface area contributed by atoms with E-state index >= 15 is 0 Å². The van der Waals surface area contributed by atoms with E-state index in [1.54, 1.807) is 19.4 Å². The van der Waals surface area contributed by atoms with Gasteiger partial charge in [0, 0.05) is 0 Å².